The number of rotatable bonds is 5. The van der Waals surface area contributed by atoms with Gasteiger partial charge in [-0.05, 0) is 18.1 Å². The van der Waals surface area contributed by atoms with E-state index in [9.17, 15) is 9.59 Å². The second kappa shape index (κ2) is 6.63. The quantitative estimate of drug-likeness (QED) is 0.627. The number of esters is 1. The van der Waals surface area contributed by atoms with Gasteiger partial charge in [0.1, 0.15) is 11.3 Å². The van der Waals surface area contributed by atoms with Gasteiger partial charge < -0.3 is 13.9 Å². The van der Waals surface area contributed by atoms with E-state index in [0.717, 1.165) is 23.8 Å². The molecule has 1 heterocycles. The number of methoxy groups -OCH3 is 1. The molecule has 0 unspecified atom stereocenters. The fourth-order valence-corrected chi connectivity index (χ4v) is 2.23. The van der Waals surface area contributed by atoms with Gasteiger partial charge in [0.15, 0.2) is 6.61 Å². The maximum atomic E-state index is 11.6. The molecule has 2 aromatic rings. The molecule has 0 saturated heterocycles. The van der Waals surface area contributed by atoms with Crippen LogP contribution in [-0.2, 0) is 16.0 Å². The molecule has 0 aliphatic heterocycles. The van der Waals surface area contributed by atoms with Gasteiger partial charge in [-0.25, -0.2) is 9.59 Å². The average molecular weight is 311 g/mol. The monoisotopic (exact) mass is 310 g/mol. The largest absolute Gasteiger partial charge is 0.480 e. The molecule has 6 heteroatoms. The second-order valence-electron chi connectivity index (χ2n) is 4.48. The molecule has 0 bridgehead atoms. The molecular weight excluding hydrogens is 296 g/mol. The van der Waals surface area contributed by atoms with Crippen molar-refractivity contribution in [3.05, 3.63) is 39.2 Å². The van der Waals surface area contributed by atoms with Crippen LogP contribution >= 0.6 is 11.6 Å². The van der Waals surface area contributed by atoms with E-state index in [0.29, 0.717) is 10.6 Å². The lowest BCUT2D eigenvalue weighted by Crippen LogP contribution is -2.12. The van der Waals surface area contributed by atoms with Crippen molar-refractivity contribution >= 4 is 28.5 Å². The van der Waals surface area contributed by atoms with E-state index < -0.39 is 11.6 Å². The smallest absolute Gasteiger partial charge is 0.343 e. The Morgan fingerprint density at radius 2 is 2.10 bits per heavy atom. The lowest BCUT2D eigenvalue weighted by Gasteiger charge is -2.09. The number of halogens is 1. The van der Waals surface area contributed by atoms with Crippen LogP contribution in [0.15, 0.2) is 27.4 Å². The molecule has 0 spiro atoms. The third-order valence-corrected chi connectivity index (χ3v) is 3.27. The van der Waals surface area contributed by atoms with E-state index in [2.05, 4.69) is 4.74 Å². The van der Waals surface area contributed by atoms with Crippen LogP contribution in [0.5, 0.6) is 5.75 Å². The van der Waals surface area contributed by atoms with Gasteiger partial charge >= 0.3 is 11.6 Å². The van der Waals surface area contributed by atoms with Gasteiger partial charge in [-0.2, -0.15) is 0 Å². The highest BCUT2D eigenvalue weighted by molar-refractivity contribution is 6.32. The van der Waals surface area contributed by atoms with Crippen molar-refractivity contribution in [2.45, 2.75) is 19.8 Å². The number of fused-ring (bicyclic) bond motifs is 1. The van der Waals surface area contributed by atoms with E-state index in [-0.39, 0.29) is 12.4 Å². The Hall–Kier alpha value is -2.01. The summed E-state index contributed by atoms with van der Waals surface area (Å²) in [6.45, 7) is 1.76. The minimum atomic E-state index is -0.521. The maximum absolute atomic E-state index is 11.6. The summed E-state index contributed by atoms with van der Waals surface area (Å²) in [6.07, 6.45) is 1.65. The Morgan fingerprint density at radius 3 is 2.76 bits per heavy atom. The Balaban J connectivity index is 2.44. The van der Waals surface area contributed by atoms with Crippen LogP contribution in [0.25, 0.3) is 11.0 Å². The molecule has 21 heavy (non-hydrogen) atoms. The Kier molecular flexibility index (Phi) is 4.85. The summed E-state index contributed by atoms with van der Waals surface area (Å²) in [5.74, 6) is -0.251. The molecule has 0 aliphatic rings. The number of carbonyl (C=O) groups excluding carboxylic acids is 1. The third-order valence-electron chi connectivity index (χ3n) is 2.98. The van der Waals surface area contributed by atoms with Crippen molar-refractivity contribution in [2.75, 3.05) is 13.7 Å². The molecule has 0 aliphatic carbocycles. The van der Waals surface area contributed by atoms with E-state index >= 15 is 0 Å². The van der Waals surface area contributed by atoms with Crippen molar-refractivity contribution in [1.82, 2.24) is 0 Å². The molecule has 1 aromatic carbocycles. The predicted molar refractivity (Wildman–Crippen MR) is 79.0 cm³/mol. The molecule has 0 saturated carbocycles. The van der Waals surface area contributed by atoms with Crippen molar-refractivity contribution in [1.29, 1.82) is 0 Å². The zero-order valence-corrected chi connectivity index (χ0v) is 12.5. The maximum Gasteiger partial charge on any atom is 0.343 e. The summed E-state index contributed by atoms with van der Waals surface area (Å²) >= 11 is 6.14. The summed E-state index contributed by atoms with van der Waals surface area (Å²) in [7, 11) is 1.27. The fraction of sp³-hybridized carbons (Fsp3) is 0.333. The topological polar surface area (TPSA) is 65.7 Å². The van der Waals surface area contributed by atoms with Crippen LogP contribution in [-0.4, -0.2) is 19.7 Å². The first-order valence-electron chi connectivity index (χ1n) is 6.51. The van der Waals surface area contributed by atoms with Crippen molar-refractivity contribution in [3.63, 3.8) is 0 Å². The first kappa shape index (κ1) is 15.4. The minimum Gasteiger partial charge on any atom is -0.480 e. The van der Waals surface area contributed by atoms with E-state index in [4.69, 9.17) is 20.8 Å². The number of hydrogen-bond acceptors (Lipinski definition) is 5. The summed E-state index contributed by atoms with van der Waals surface area (Å²) in [6, 6.07) is 4.66. The lowest BCUT2D eigenvalue weighted by molar-refractivity contribution is -0.142. The molecule has 2 rings (SSSR count). The van der Waals surface area contributed by atoms with E-state index in [1.165, 1.54) is 19.2 Å². The second-order valence-corrected chi connectivity index (χ2v) is 4.89. The van der Waals surface area contributed by atoms with Crippen LogP contribution in [0, 0.1) is 0 Å². The zero-order valence-electron chi connectivity index (χ0n) is 11.8. The van der Waals surface area contributed by atoms with Crippen LogP contribution in [0.2, 0.25) is 5.02 Å². The van der Waals surface area contributed by atoms with Gasteiger partial charge in [-0.15, -0.1) is 0 Å². The number of hydrogen-bond donors (Lipinski definition) is 0. The number of carbonyl (C=O) groups is 1. The van der Waals surface area contributed by atoms with Crippen LogP contribution in [0.3, 0.4) is 0 Å². The Bertz CT molecular complexity index is 720. The highest BCUT2D eigenvalue weighted by atomic mass is 35.5. The Morgan fingerprint density at radius 1 is 1.33 bits per heavy atom. The average Bonchev–Trinajstić information content (AvgIpc) is 2.45. The van der Waals surface area contributed by atoms with E-state index in [1.54, 1.807) is 6.07 Å². The van der Waals surface area contributed by atoms with Crippen LogP contribution in [0.1, 0.15) is 18.9 Å². The molecule has 0 radical (unpaired) electrons. The third kappa shape index (κ3) is 3.55. The first-order chi connectivity index (χ1) is 10.0. The van der Waals surface area contributed by atoms with Crippen molar-refractivity contribution < 1.29 is 18.7 Å². The fourth-order valence-electron chi connectivity index (χ4n) is 2.01. The molecule has 0 atom stereocenters. The number of benzene rings is 1. The van der Waals surface area contributed by atoms with Gasteiger partial charge in [0, 0.05) is 17.5 Å². The van der Waals surface area contributed by atoms with Gasteiger partial charge in [0.05, 0.1) is 12.1 Å². The molecule has 112 valence electrons. The standard InChI is InChI=1S/C15H15ClO5/c1-3-4-9-5-14(17)21-12-7-13(11(16)6-10(9)12)20-8-15(18)19-2/h5-7H,3-4,8H2,1-2H3. The summed E-state index contributed by atoms with van der Waals surface area (Å²) < 4.78 is 14.9. The Labute approximate surface area is 126 Å². The van der Waals surface area contributed by atoms with E-state index in [1.807, 2.05) is 6.92 Å². The van der Waals surface area contributed by atoms with Gasteiger partial charge in [0.25, 0.3) is 0 Å². The summed E-state index contributed by atoms with van der Waals surface area (Å²) in [5, 5.41) is 1.12. The molecule has 0 amide bonds. The van der Waals surface area contributed by atoms with Gasteiger partial charge in [-0.1, -0.05) is 24.9 Å². The van der Waals surface area contributed by atoms with Gasteiger partial charge in [0.2, 0.25) is 0 Å². The SMILES string of the molecule is CCCc1cc(=O)oc2cc(OCC(=O)OC)c(Cl)cc12. The molecule has 0 N–H and O–H groups in total. The van der Waals surface area contributed by atoms with Crippen molar-refractivity contribution in [2.24, 2.45) is 0 Å². The summed E-state index contributed by atoms with van der Waals surface area (Å²) in [5.41, 5.74) is 0.840. The molecular formula is C15H15ClO5. The summed E-state index contributed by atoms with van der Waals surface area (Å²) in [4.78, 5) is 22.7. The minimum absolute atomic E-state index is 0.263. The highest BCUT2D eigenvalue weighted by Gasteiger charge is 2.12. The van der Waals surface area contributed by atoms with Crippen molar-refractivity contribution in [3.8, 4) is 5.75 Å². The van der Waals surface area contributed by atoms with Gasteiger partial charge in [-0.3, -0.25) is 0 Å². The highest BCUT2D eigenvalue weighted by Crippen LogP contribution is 2.31. The molecule has 1 aromatic heterocycles. The van der Waals surface area contributed by atoms with Crippen LogP contribution < -0.4 is 10.4 Å². The molecule has 5 nitrogen and oxygen atoms in total. The predicted octanol–water partition coefficient (Wildman–Crippen LogP) is 2.95. The lowest BCUT2D eigenvalue weighted by atomic mass is 10.1. The zero-order chi connectivity index (χ0) is 15.4. The number of aryl methyl sites for hydroxylation is 1. The normalized spacial score (nSPS) is 10.6. The van der Waals surface area contributed by atoms with Crippen LogP contribution in [0.4, 0.5) is 0 Å². The number of ether oxygens (including phenoxy) is 2. The molecule has 0 fully saturated rings. The first-order valence-corrected chi connectivity index (χ1v) is 6.88.